The number of aliphatic hydroxyl groups excluding tert-OH is 1. The van der Waals surface area contributed by atoms with Crippen molar-refractivity contribution in [2.45, 2.75) is 50.5 Å². The van der Waals surface area contributed by atoms with E-state index in [1.807, 2.05) is 10.6 Å². The van der Waals surface area contributed by atoms with Crippen LogP contribution >= 0.6 is 11.6 Å². The molecule has 0 amide bonds. The monoisotopic (exact) mass is 322 g/mol. The van der Waals surface area contributed by atoms with Gasteiger partial charge in [-0.1, -0.05) is 11.6 Å². The average molecular weight is 323 g/mol. The number of nitrogens with zero attached hydrogens (tertiary/aromatic N) is 3. The molecule has 1 saturated carbocycles. The summed E-state index contributed by atoms with van der Waals surface area (Å²) in [5, 5.41) is 13.2. The van der Waals surface area contributed by atoms with Crippen LogP contribution in [0.3, 0.4) is 0 Å². The van der Waals surface area contributed by atoms with Crippen LogP contribution in [0.4, 0.5) is 5.69 Å². The molecule has 0 radical (unpaired) electrons. The molecule has 2 aromatic rings. The molecule has 22 heavy (non-hydrogen) atoms. The molecule has 6 nitrogen and oxygen atoms in total. The average Bonchev–Trinajstić information content (AvgIpc) is 3.08. The van der Waals surface area contributed by atoms with Gasteiger partial charge in [0.1, 0.15) is 16.9 Å². The van der Waals surface area contributed by atoms with Crippen molar-refractivity contribution in [2.75, 3.05) is 11.9 Å². The van der Waals surface area contributed by atoms with E-state index in [2.05, 4.69) is 15.3 Å². The summed E-state index contributed by atoms with van der Waals surface area (Å²) < 4.78 is 7.75. The molecule has 2 unspecified atom stereocenters. The second kappa shape index (κ2) is 5.68. The highest BCUT2D eigenvalue weighted by molar-refractivity contribution is 6.30. The maximum atomic E-state index is 9.22. The molecule has 1 saturated heterocycles. The van der Waals surface area contributed by atoms with Crippen LogP contribution < -0.4 is 5.32 Å². The molecule has 2 atom stereocenters. The highest BCUT2D eigenvalue weighted by Gasteiger charge is 2.28. The zero-order valence-corrected chi connectivity index (χ0v) is 13.0. The predicted octanol–water partition coefficient (Wildman–Crippen LogP) is 2.72. The number of hydrogen-bond acceptors (Lipinski definition) is 5. The van der Waals surface area contributed by atoms with Crippen molar-refractivity contribution in [3.63, 3.8) is 0 Å². The van der Waals surface area contributed by atoms with Crippen molar-refractivity contribution in [1.82, 2.24) is 14.5 Å². The molecule has 0 aromatic carbocycles. The first-order valence-corrected chi connectivity index (χ1v) is 8.18. The Hall–Kier alpha value is -1.37. The lowest BCUT2D eigenvalue weighted by Crippen LogP contribution is -2.27. The minimum Gasteiger partial charge on any atom is -0.394 e. The zero-order chi connectivity index (χ0) is 15.1. The molecule has 2 N–H and O–H groups in total. The van der Waals surface area contributed by atoms with Crippen LogP contribution in [0.25, 0.3) is 11.2 Å². The van der Waals surface area contributed by atoms with E-state index < -0.39 is 0 Å². The fourth-order valence-corrected chi connectivity index (χ4v) is 3.28. The van der Waals surface area contributed by atoms with E-state index in [-0.39, 0.29) is 18.9 Å². The van der Waals surface area contributed by atoms with Crippen molar-refractivity contribution in [1.29, 1.82) is 0 Å². The first-order valence-electron chi connectivity index (χ1n) is 7.80. The van der Waals surface area contributed by atoms with Crippen molar-refractivity contribution < 1.29 is 9.84 Å². The molecule has 0 bridgehead atoms. The van der Waals surface area contributed by atoms with Gasteiger partial charge in [0.15, 0.2) is 5.65 Å². The number of halogens is 1. The molecule has 4 rings (SSSR count). The standard InChI is InChI=1S/C15H19ClN4O2/c16-12-6-11(18-9-2-1-3-9)14-15(19-12)20(8-17-14)13-5-4-10(7-21)22-13/h6,8-10,13,21H,1-5,7H2,(H,18,19). The quantitative estimate of drug-likeness (QED) is 0.847. The zero-order valence-electron chi connectivity index (χ0n) is 12.2. The molecule has 7 heteroatoms. The Morgan fingerprint density at radius 1 is 1.36 bits per heavy atom. The molecular weight excluding hydrogens is 304 g/mol. The van der Waals surface area contributed by atoms with Crippen molar-refractivity contribution in [3.8, 4) is 0 Å². The number of aliphatic hydroxyl groups is 1. The van der Waals surface area contributed by atoms with Crippen LogP contribution in [0.5, 0.6) is 0 Å². The van der Waals surface area contributed by atoms with Gasteiger partial charge >= 0.3 is 0 Å². The third kappa shape index (κ3) is 2.45. The van der Waals surface area contributed by atoms with Gasteiger partial charge in [-0.2, -0.15) is 0 Å². The van der Waals surface area contributed by atoms with Crippen molar-refractivity contribution in [2.24, 2.45) is 0 Å². The second-order valence-electron chi connectivity index (χ2n) is 6.06. The van der Waals surface area contributed by atoms with Gasteiger partial charge in [0.25, 0.3) is 0 Å². The van der Waals surface area contributed by atoms with E-state index in [0.29, 0.717) is 11.2 Å². The Bertz CT molecular complexity index is 685. The SMILES string of the molecule is OCC1CCC(n2cnc3c(NC4CCC4)cc(Cl)nc32)O1. The van der Waals surface area contributed by atoms with E-state index in [1.54, 1.807) is 6.33 Å². The summed E-state index contributed by atoms with van der Waals surface area (Å²) in [6.45, 7) is 0.0474. The highest BCUT2D eigenvalue weighted by Crippen LogP contribution is 2.34. The molecule has 2 aromatic heterocycles. The van der Waals surface area contributed by atoms with E-state index in [9.17, 15) is 5.11 Å². The number of rotatable bonds is 4. The molecule has 118 valence electrons. The molecule has 1 aliphatic heterocycles. The smallest absolute Gasteiger partial charge is 0.165 e. The van der Waals surface area contributed by atoms with Gasteiger partial charge in [-0.3, -0.25) is 4.57 Å². The van der Waals surface area contributed by atoms with Crippen LogP contribution in [0, 0.1) is 0 Å². The first-order chi connectivity index (χ1) is 10.7. The molecule has 1 aliphatic carbocycles. The number of aromatic nitrogens is 3. The topological polar surface area (TPSA) is 72.2 Å². The molecule has 2 aliphatic rings. The van der Waals surface area contributed by atoms with Gasteiger partial charge < -0.3 is 15.2 Å². The normalized spacial score (nSPS) is 25.5. The molecule has 3 heterocycles. The predicted molar refractivity (Wildman–Crippen MR) is 84.0 cm³/mol. The number of anilines is 1. The van der Waals surface area contributed by atoms with Crippen LogP contribution in [0.1, 0.15) is 38.3 Å². The van der Waals surface area contributed by atoms with Gasteiger partial charge in [0, 0.05) is 12.1 Å². The minimum atomic E-state index is -0.135. The van der Waals surface area contributed by atoms with Crippen LogP contribution in [-0.4, -0.2) is 38.4 Å². The fraction of sp³-hybridized carbons (Fsp3) is 0.600. The fourth-order valence-electron chi connectivity index (χ4n) is 3.10. The van der Waals surface area contributed by atoms with Crippen LogP contribution in [0.15, 0.2) is 12.4 Å². The second-order valence-corrected chi connectivity index (χ2v) is 6.45. The number of hydrogen-bond donors (Lipinski definition) is 2. The largest absolute Gasteiger partial charge is 0.394 e. The third-order valence-corrected chi connectivity index (χ3v) is 4.76. The summed E-state index contributed by atoms with van der Waals surface area (Å²) in [5.74, 6) is 0. The van der Waals surface area contributed by atoms with Crippen molar-refractivity contribution in [3.05, 3.63) is 17.5 Å². The Kier molecular flexibility index (Phi) is 3.68. The maximum Gasteiger partial charge on any atom is 0.165 e. The summed E-state index contributed by atoms with van der Waals surface area (Å²) >= 11 is 6.19. The summed E-state index contributed by atoms with van der Waals surface area (Å²) in [6.07, 6.45) is 6.85. The number of imidazole rings is 1. The molecule has 2 fully saturated rings. The highest BCUT2D eigenvalue weighted by atomic mass is 35.5. The molecular formula is C15H19ClN4O2. The van der Waals surface area contributed by atoms with Crippen LogP contribution in [-0.2, 0) is 4.74 Å². The lowest BCUT2D eigenvalue weighted by Gasteiger charge is -2.27. The summed E-state index contributed by atoms with van der Waals surface area (Å²) in [6, 6.07) is 2.35. The van der Waals surface area contributed by atoms with Crippen molar-refractivity contribution >= 4 is 28.5 Å². The Morgan fingerprint density at radius 3 is 2.91 bits per heavy atom. The van der Waals surface area contributed by atoms with E-state index >= 15 is 0 Å². The lowest BCUT2D eigenvalue weighted by molar-refractivity contribution is -0.0207. The number of ether oxygens (including phenoxy) is 1. The van der Waals surface area contributed by atoms with E-state index in [4.69, 9.17) is 16.3 Å². The minimum absolute atomic E-state index is 0.0474. The first kappa shape index (κ1) is 14.2. The Morgan fingerprint density at radius 2 is 2.23 bits per heavy atom. The maximum absolute atomic E-state index is 9.22. The summed E-state index contributed by atoms with van der Waals surface area (Å²) in [7, 11) is 0. The Balaban J connectivity index is 1.68. The summed E-state index contributed by atoms with van der Waals surface area (Å²) in [4.78, 5) is 8.93. The van der Waals surface area contributed by atoms with Gasteiger partial charge in [-0.05, 0) is 32.1 Å². The number of nitrogens with one attached hydrogen (secondary N) is 1. The van der Waals surface area contributed by atoms with Gasteiger partial charge in [-0.25, -0.2) is 9.97 Å². The van der Waals surface area contributed by atoms with Gasteiger partial charge in [0.2, 0.25) is 0 Å². The van der Waals surface area contributed by atoms with E-state index in [1.165, 1.54) is 19.3 Å². The summed E-state index contributed by atoms with van der Waals surface area (Å²) in [5.41, 5.74) is 2.50. The number of fused-ring (bicyclic) bond motifs is 1. The molecule has 0 spiro atoms. The van der Waals surface area contributed by atoms with Gasteiger partial charge in [0.05, 0.1) is 24.7 Å². The van der Waals surface area contributed by atoms with Gasteiger partial charge in [-0.15, -0.1) is 0 Å². The van der Waals surface area contributed by atoms with Crippen LogP contribution in [0.2, 0.25) is 5.15 Å². The van der Waals surface area contributed by atoms with E-state index in [0.717, 1.165) is 29.7 Å². The number of pyridine rings is 1. The Labute approximate surface area is 133 Å². The lowest BCUT2D eigenvalue weighted by atomic mass is 9.93. The third-order valence-electron chi connectivity index (χ3n) is 4.56.